The average molecular weight is 226 g/mol. The summed E-state index contributed by atoms with van der Waals surface area (Å²) in [5, 5.41) is 0. The van der Waals surface area contributed by atoms with Crippen LogP contribution < -0.4 is 0 Å². The third kappa shape index (κ3) is 1.12. The molecule has 0 radical (unpaired) electrons. The van der Waals surface area contributed by atoms with Crippen LogP contribution in [0.1, 0.15) is 10.6 Å². The van der Waals surface area contributed by atoms with Gasteiger partial charge in [-0.15, -0.1) is 0 Å². The zero-order valence-electron chi connectivity index (χ0n) is 5.91. The van der Waals surface area contributed by atoms with E-state index in [1.54, 1.807) is 6.20 Å². The van der Waals surface area contributed by atoms with Crippen molar-refractivity contribution in [3.63, 3.8) is 0 Å². The Morgan fingerprint density at radius 3 is 3.17 bits per heavy atom. The summed E-state index contributed by atoms with van der Waals surface area (Å²) in [5.74, 6) is 0.301. The van der Waals surface area contributed by atoms with E-state index < -0.39 is 0 Å². The van der Waals surface area contributed by atoms with Gasteiger partial charge in [-0.25, -0.2) is 9.97 Å². The molecule has 0 fully saturated rings. The Kier molecular flexibility index (Phi) is 1.65. The molecule has 0 aliphatic rings. The van der Waals surface area contributed by atoms with Crippen LogP contribution in [0.4, 0.5) is 0 Å². The fourth-order valence-electron chi connectivity index (χ4n) is 0.949. The van der Waals surface area contributed by atoms with Gasteiger partial charge in [0.1, 0.15) is 0 Å². The average Bonchev–Trinajstić information content (AvgIpc) is 2.46. The van der Waals surface area contributed by atoms with Crippen molar-refractivity contribution in [1.82, 2.24) is 15.0 Å². The Labute approximate surface area is 76.2 Å². The highest BCUT2D eigenvalue weighted by Gasteiger charge is 2.01. The van der Waals surface area contributed by atoms with Gasteiger partial charge < -0.3 is 4.98 Å². The number of H-pyrrole nitrogens is 1. The first-order valence-corrected chi connectivity index (χ1v) is 4.05. The molecule has 0 amide bonds. The minimum absolute atomic E-state index is 0.301. The molecule has 2 heterocycles. The molecule has 0 atom stereocenters. The lowest BCUT2D eigenvalue weighted by molar-refractivity contribution is 0.111. The van der Waals surface area contributed by atoms with Gasteiger partial charge in [-0.3, -0.25) is 4.79 Å². The molecule has 0 aliphatic carbocycles. The maximum Gasteiger partial charge on any atom is 0.185 e. The van der Waals surface area contributed by atoms with Gasteiger partial charge >= 0.3 is 0 Å². The van der Waals surface area contributed by atoms with Crippen molar-refractivity contribution in [1.29, 1.82) is 0 Å². The first kappa shape index (κ1) is 7.42. The van der Waals surface area contributed by atoms with Crippen LogP contribution in [0.15, 0.2) is 16.7 Å². The number of hydrogen-bond donors (Lipinski definition) is 1. The van der Waals surface area contributed by atoms with Crippen LogP contribution >= 0.6 is 15.9 Å². The number of halogens is 1. The molecule has 12 heavy (non-hydrogen) atoms. The lowest BCUT2D eigenvalue weighted by Crippen LogP contribution is -1.79. The minimum Gasteiger partial charge on any atom is -0.334 e. The van der Waals surface area contributed by atoms with Gasteiger partial charge in [0.2, 0.25) is 0 Å². The molecule has 0 aliphatic heterocycles. The van der Waals surface area contributed by atoms with Crippen LogP contribution in [0.25, 0.3) is 11.2 Å². The van der Waals surface area contributed by atoms with Crippen molar-refractivity contribution >= 4 is 33.4 Å². The number of fused-ring (bicyclic) bond motifs is 1. The molecule has 0 bridgehead atoms. The Morgan fingerprint density at radius 1 is 1.58 bits per heavy atom. The van der Waals surface area contributed by atoms with Crippen LogP contribution in [0, 0.1) is 0 Å². The van der Waals surface area contributed by atoms with Gasteiger partial charge in [-0.1, -0.05) is 0 Å². The van der Waals surface area contributed by atoms with Crippen molar-refractivity contribution in [3.8, 4) is 0 Å². The molecular formula is C7H4BrN3O. The lowest BCUT2D eigenvalue weighted by atomic mass is 10.4. The molecule has 0 aromatic carbocycles. The number of aromatic amines is 1. The number of pyridine rings is 1. The Balaban J connectivity index is 2.75. The van der Waals surface area contributed by atoms with Gasteiger partial charge in [-0.05, 0) is 22.0 Å². The number of rotatable bonds is 1. The monoisotopic (exact) mass is 225 g/mol. The van der Waals surface area contributed by atoms with Crippen molar-refractivity contribution in [3.05, 3.63) is 22.6 Å². The second-order valence-electron chi connectivity index (χ2n) is 2.26. The van der Waals surface area contributed by atoms with Gasteiger partial charge in [0, 0.05) is 10.7 Å². The second kappa shape index (κ2) is 2.67. The maximum absolute atomic E-state index is 10.3. The minimum atomic E-state index is 0.301. The zero-order chi connectivity index (χ0) is 8.55. The fraction of sp³-hybridized carbons (Fsp3) is 0. The molecule has 5 heteroatoms. The van der Waals surface area contributed by atoms with Crippen LogP contribution in [-0.4, -0.2) is 21.2 Å². The summed E-state index contributed by atoms with van der Waals surface area (Å²) in [7, 11) is 0. The summed E-state index contributed by atoms with van der Waals surface area (Å²) in [4.78, 5) is 21.1. The first-order valence-electron chi connectivity index (χ1n) is 3.26. The van der Waals surface area contributed by atoms with Crippen molar-refractivity contribution in [2.45, 2.75) is 0 Å². The number of aromatic nitrogens is 3. The van der Waals surface area contributed by atoms with Crippen molar-refractivity contribution in [2.24, 2.45) is 0 Å². The summed E-state index contributed by atoms with van der Waals surface area (Å²) in [6.07, 6.45) is 2.30. The molecule has 2 rings (SSSR count). The summed E-state index contributed by atoms with van der Waals surface area (Å²) in [6.45, 7) is 0. The summed E-state index contributed by atoms with van der Waals surface area (Å²) >= 11 is 3.26. The van der Waals surface area contributed by atoms with E-state index in [-0.39, 0.29) is 0 Å². The van der Waals surface area contributed by atoms with E-state index >= 15 is 0 Å². The first-order chi connectivity index (χ1) is 5.79. The van der Waals surface area contributed by atoms with E-state index in [2.05, 4.69) is 30.9 Å². The largest absolute Gasteiger partial charge is 0.334 e. The molecule has 2 aromatic heterocycles. The zero-order valence-corrected chi connectivity index (χ0v) is 7.50. The Bertz CT molecular complexity index is 437. The highest BCUT2D eigenvalue weighted by atomic mass is 79.9. The van der Waals surface area contributed by atoms with Crippen LogP contribution in [0.3, 0.4) is 0 Å². The predicted octanol–water partition coefficient (Wildman–Crippen LogP) is 1.53. The topological polar surface area (TPSA) is 58.6 Å². The third-order valence-electron chi connectivity index (χ3n) is 1.43. The van der Waals surface area contributed by atoms with E-state index in [0.717, 1.165) is 9.99 Å². The van der Waals surface area contributed by atoms with Gasteiger partial charge in [0.15, 0.2) is 17.8 Å². The summed E-state index contributed by atoms with van der Waals surface area (Å²) in [5.41, 5.74) is 1.31. The van der Waals surface area contributed by atoms with Crippen molar-refractivity contribution in [2.75, 3.05) is 0 Å². The number of nitrogens with one attached hydrogen (secondary N) is 1. The van der Waals surface area contributed by atoms with Crippen LogP contribution in [0.2, 0.25) is 0 Å². The maximum atomic E-state index is 10.3. The predicted molar refractivity (Wildman–Crippen MR) is 47.0 cm³/mol. The molecule has 0 spiro atoms. The third-order valence-corrected chi connectivity index (χ3v) is 1.87. The molecule has 4 nitrogen and oxygen atoms in total. The Morgan fingerprint density at radius 2 is 2.42 bits per heavy atom. The highest BCUT2D eigenvalue weighted by Crippen LogP contribution is 2.14. The Hall–Kier alpha value is -1.23. The number of imidazole rings is 1. The van der Waals surface area contributed by atoms with Gasteiger partial charge in [0.05, 0.1) is 5.52 Å². The normalized spacial score (nSPS) is 10.4. The van der Waals surface area contributed by atoms with Gasteiger partial charge in [-0.2, -0.15) is 0 Å². The molecule has 1 N–H and O–H groups in total. The molecule has 60 valence electrons. The molecule has 0 saturated carbocycles. The molecule has 0 unspecified atom stereocenters. The van der Waals surface area contributed by atoms with Crippen LogP contribution in [0.5, 0.6) is 0 Å². The van der Waals surface area contributed by atoms with E-state index in [1.807, 2.05) is 6.07 Å². The SMILES string of the molecule is O=Cc1nc2ncc(Br)cc2[nH]1. The summed E-state index contributed by atoms with van der Waals surface area (Å²) < 4.78 is 0.857. The quantitative estimate of drug-likeness (QED) is 0.750. The smallest absolute Gasteiger partial charge is 0.185 e. The molecule has 2 aromatic rings. The number of nitrogens with zero attached hydrogens (tertiary/aromatic N) is 2. The standard InChI is InChI=1S/C7H4BrN3O/c8-4-1-5-7(9-2-4)11-6(3-12)10-5/h1-3H,(H,9,10,11). The van der Waals surface area contributed by atoms with Crippen LogP contribution in [-0.2, 0) is 0 Å². The van der Waals surface area contributed by atoms with Crippen molar-refractivity contribution < 1.29 is 4.79 Å². The lowest BCUT2D eigenvalue weighted by Gasteiger charge is -1.86. The van der Waals surface area contributed by atoms with E-state index in [9.17, 15) is 4.79 Å². The van der Waals surface area contributed by atoms with E-state index in [0.29, 0.717) is 17.8 Å². The summed E-state index contributed by atoms with van der Waals surface area (Å²) in [6, 6.07) is 1.82. The molecule has 0 saturated heterocycles. The van der Waals surface area contributed by atoms with E-state index in [4.69, 9.17) is 0 Å². The fourth-order valence-corrected chi connectivity index (χ4v) is 1.28. The number of hydrogen-bond acceptors (Lipinski definition) is 3. The molecular weight excluding hydrogens is 222 g/mol. The highest BCUT2D eigenvalue weighted by molar-refractivity contribution is 9.10. The number of carbonyl (C=O) groups excluding carboxylic acids is 1. The van der Waals surface area contributed by atoms with Gasteiger partial charge in [0.25, 0.3) is 0 Å². The second-order valence-corrected chi connectivity index (χ2v) is 3.18. The van der Waals surface area contributed by atoms with E-state index in [1.165, 1.54) is 0 Å². The number of carbonyl (C=O) groups is 1. The number of aldehydes is 1.